The number of pyridine rings is 1. The van der Waals surface area contributed by atoms with Gasteiger partial charge in [-0.3, -0.25) is 4.98 Å². The Bertz CT molecular complexity index is 613. The van der Waals surface area contributed by atoms with Crippen LogP contribution in [0.15, 0.2) is 42.6 Å². The highest BCUT2D eigenvalue weighted by atomic mass is 19.4. The molecule has 2 rings (SSSR count). The molecule has 21 heavy (non-hydrogen) atoms. The SMILES string of the molecule is CC(C)(C)c1ccc(Oc2ccnc(C(F)(F)F)c2)cc1. The molecule has 0 aliphatic carbocycles. The molecule has 0 saturated carbocycles. The third-order valence-corrected chi connectivity index (χ3v) is 2.98. The molecule has 0 amide bonds. The Morgan fingerprint density at radius 3 is 2.05 bits per heavy atom. The Hall–Kier alpha value is -2.04. The fourth-order valence-corrected chi connectivity index (χ4v) is 1.79. The van der Waals surface area contributed by atoms with Crippen molar-refractivity contribution in [3.63, 3.8) is 0 Å². The Labute approximate surface area is 121 Å². The van der Waals surface area contributed by atoms with Gasteiger partial charge in [-0.1, -0.05) is 32.9 Å². The molecular weight excluding hydrogens is 279 g/mol. The molecule has 2 nitrogen and oxygen atoms in total. The standard InChI is InChI=1S/C16H16F3NO/c1-15(2,3)11-4-6-12(7-5-11)21-13-8-9-20-14(10-13)16(17,18)19/h4-10H,1-3H3. The predicted octanol–water partition coefficient (Wildman–Crippen LogP) is 5.19. The number of rotatable bonds is 2. The molecule has 0 radical (unpaired) electrons. The summed E-state index contributed by atoms with van der Waals surface area (Å²) in [5.41, 5.74) is 0.172. The van der Waals surface area contributed by atoms with E-state index >= 15 is 0 Å². The molecule has 0 unspecified atom stereocenters. The van der Waals surface area contributed by atoms with Crippen molar-refractivity contribution in [3.05, 3.63) is 53.9 Å². The zero-order chi connectivity index (χ0) is 15.7. The minimum absolute atomic E-state index is 0.0126. The average molecular weight is 295 g/mol. The summed E-state index contributed by atoms with van der Waals surface area (Å²) in [7, 11) is 0. The summed E-state index contributed by atoms with van der Waals surface area (Å²) in [5, 5.41) is 0. The topological polar surface area (TPSA) is 22.1 Å². The van der Waals surface area contributed by atoms with Crippen molar-refractivity contribution in [2.45, 2.75) is 32.4 Å². The molecule has 0 aliphatic heterocycles. The van der Waals surface area contributed by atoms with Crippen LogP contribution in [0.4, 0.5) is 13.2 Å². The molecule has 0 bridgehead atoms. The van der Waals surface area contributed by atoms with Crippen LogP contribution in [0.25, 0.3) is 0 Å². The molecule has 1 aromatic heterocycles. The van der Waals surface area contributed by atoms with Gasteiger partial charge in [0.2, 0.25) is 0 Å². The van der Waals surface area contributed by atoms with Crippen LogP contribution in [0.3, 0.4) is 0 Å². The summed E-state index contributed by atoms with van der Waals surface area (Å²) in [5.74, 6) is 0.600. The first-order valence-corrected chi connectivity index (χ1v) is 6.48. The number of hydrogen-bond acceptors (Lipinski definition) is 2. The first kappa shape index (κ1) is 15.4. The van der Waals surface area contributed by atoms with E-state index in [1.807, 2.05) is 12.1 Å². The number of benzene rings is 1. The first-order chi connectivity index (χ1) is 9.66. The van der Waals surface area contributed by atoms with Gasteiger partial charge in [0.15, 0.2) is 0 Å². The summed E-state index contributed by atoms with van der Waals surface area (Å²) < 4.78 is 43.2. The van der Waals surface area contributed by atoms with E-state index in [1.54, 1.807) is 12.1 Å². The third-order valence-electron chi connectivity index (χ3n) is 2.98. The van der Waals surface area contributed by atoms with Crippen molar-refractivity contribution in [3.8, 4) is 11.5 Å². The van der Waals surface area contributed by atoms with Crippen molar-refractivity contribution in [2.75, 3.05) is 0 Å². The second kappa shape index (κ2) is 5.39. The first-order valence-electron chi connectivity index (χ1n) is 6.48. The summed E-state index contributed by atoms with van der Waals surface area (Å²) in [6, 6.07) is 9.58. The van der Waals surface area contributed by atoms with Crippen LogP contribution in [0.2, 0.25) is 0 Å². The van der Waals surface area contributed by atoms with Gasteiger partial charge in [0.05, 0.1) is 0 Å². The van der Waals surface area contributed by atoms with Gasteiger partial charge in [0, 0.05) is 12.3 Å². The van der Waals surface area contributed by atoms with E-state index in [0.29, 0.717) is 5.75 Å². The third kappa shape index (κ3) is 3.97. The Kier molecular flexibility index (Phi) is 3.94. The van der Waals surface area contributed by atoms with E-state index in [4.69, 9.17) is 4.74 Å². The van der Waals surface area contributed by atoms with Crippen molar-refractivity contribution < 1.29 is 17.9 Å². The van der Waals surface area contributed by atoms with E-state index in [0.717, 1.165) is 17.8 Å². The Balaban J connectivity index is 2.19. The summed E-state index contributed by atoms with van der Waals surface area (Å²) in [4.78, 5) is 3.29. The van der Waals surface area contributed by atoms with Crippen LogP contribution in [0.1, 0.15) is 32.0 Å². The van der Waals surface area contributed by atoms with Gasteiger partial charge in [-0.05, 0) is 29.2 Å². The molecule has 5 heteroatoms. The average Bonchev–Trinajstić information content (AvgIpc) is 2.37. The number of halogens is 3. The van der Waals surface area contributed by atoms with Crippen LogP contribution >= 0.6 is 0 Å². The van der Waals surface area contributed by atoms with Crippen LogP contribution < -0.4 is 4.74 Å². The van der Waals surface area contributed by atoms with Crippen LogP contribution in [-0.4, -0.2) is 4.98 Å². The molecule has 2 aromatic rings. The highest BCUT2D eigenvalue weighted by molar-refractivity contribution is 5.35. The molecule has 0 saturated heterocycles. The monoisotopic (exact) mass is 295 g/mol. The van der Waals surface area contributed by atoms with Crippen molar-refractivity contribution in [1.82, 2.24) is 4.98 Å². The summed E-state index contributed by atoms with van der Waals surface area (Å²) in [6.07, 6.45) is -3.39. The van der Waals surface area contributed by atoms with Crippen molar-refractivity contribution in [2.24, 2.45) is 0 Å². The Morgan fingerprint density at radius 2 is 1.52 bits per heavy atom. The Morgan fingerprint density at radius 1 is 0.905 bits per heavy atom. The summed E-state index contributed by atoms with van der Waals surface area (Å²) >= 11 is 0. The zero-order valence-corrected chi connectivity index (χ0v) is 12.0. The normalized spacial score (nSPS) is 12.3. The fourth-order valence-electron chi connectivity index (χ4n) is 1.79. The van der Waals surface area contributed by atoms with Gasteiger partial charge in [-0.25, -0.2) is 0 Å². The lowest BCUT2D eigenvalue weighted by Crippen LogP contribution is -2.10. The van der Waals surface area contributed by atoms with Gasteiger partial charge in [0.1, 0.15) is 17.2 Å². The van der Waals surface area contributed by atoms with Gasteiger partial charge < -0.3 is 4.74 Å². The van der Waals surface area contributed by atoms with E-state index < -0.39 is 11.9 Å². The van der Waals surface area contributed by atoms with E-state index in [9.17, 15) is 13.2 Å². The second-order valence-corrected chi connectivity index (χ2v) is 5.75. The van der Waals surface area contributed by atoms with Crippen molar-refractivity contribution in [1.29, 1.82) is 0 Å². The number of nitrogens with zero attached hydrogens (tertiary/aromatic N) is 1. The lowest BCUT2D eigenvalue weighted by atomic mass is 9.87. The molecule has 1 aromatic carbocycles. The minimum atomic E-state index is -4.48. The molecule has 112 valence electrons. The summed E-state index contributed by atoms with van der Waals surface area (Å²) in [6.45, 7) is 6.25. The van der Waals surface area contributed by atoms with Gasteiger partial charge in [-0.2, -0.15) is 13.2 Å². The van der Waals surface area contributed by atoms with Crippen LogP contribution in [0.5, 0.6) is 11.5 Å². The molecule has 0 N–H and O–H groups in total. The van der Waals surface area contributed by atoms with Crippen molar-refractivity contribution >= 4 is 0 Å². The molecule has 0 spiro atoms. The second-order valence-electron chi connectivity index (χ2n) is 5.75. The lowest BCUT2D eigenvalue weighted by molar-refractivity contribution is -0.141. The molecule has 0 aliphatic rings. The maximum Gasteiger partial charge on any atom is 0.433 e. The minimum Gasteiger partial charge on any atom is -0.457 e. The molecular formula is C16H16F3NO. The molecule has 0 fully saturated rings. The maximum atomic E-state index is 12.6. The largest absolute Gasteiger partial charge is 0.457 e. The number of hydrogen-bond donors (Lipinski definition) is 0. The van der Waals surface area contributed by atoms with Crippen LogP contribution in [0, 0.1) is 0 Å². The van der Waals surface area contributed by atoms with E-state index in [1.165, 1.54) is 6.07 Å². The lowest BCUT2D eigenvalue weighted by Gasteiger charge is -2.19. The van der Waals surface area contributed by atoms with Gasteiger partial charge in [0.25, 0.3) is 0 Å². The predicted molar refractivity (Wildman–Crippen MR) is 74.5 cm³/mol. The maximum absolute atomic E-state index is 12.6. The fraction of sp³-hybridized carbons (Fsp3) is 0.312. The number of ether oxygens (including phenoxy) is 1. The zero-order valence-electron chi connectivity index (χ0n) is 12.0. The molecule has 0 atom stereocenters. The number of aromatic nitrogens is 1. The smallest absolute Gasteiger partial charge is 0.433 e. The van der Waals surface area contributed by atoms with Gasteiger partial charge in [-0.15, -0.1) is 0 Å². The molecule has 1 heterocycles. The quantitative estimate of drug-likeness (QED) is 0.760. The van der Waals surface area contributed by atoms with Gasteiger partial charge >= 0.3 is 6.18 Å². The van der Waals surface area contributed by atoms with E-state index in [2.05, 4.69) is 25.8 Å². The number of alkyl halides is 3. The van der Waals surface area contributed by atoms with Crippen LogP contribution in [-0.2, 0) is 11.6 Å². The van der Waals surface area contributed by atoms with E-state index in [-0.39, 0.29) is 11.2 Å². The highest BCUT2D eigenvalue weighted by Crippen LogP contribution is 2.31. The highest BCUT2D eigenvalue weighted by Gasteiger charge is 2.32.